The van der Waals surface area contributed by atoms with Crippen molar-refractivity contribution in [2.24, 2.45) is 0 Å². The molecule has 21 heavy (non-hydrogen) atoms. The van der Waals surface area contributed by atoms with E-state index in [0.717, 1.165) is 32.4 Å². The van der Waals surface area contributed by atoms with E-state index < -0.39 is 0 Å². The normalized spacial score (nSPS) is 15.9. The molecule has 0 bridgehead atoms. The number of benzene rings is 1. The summed E-state index contributed by atoms with van der Waals surface area (Å²) in [5, 5.41) is 6.28. The number of carbonyl (C=O) groups is 1. The third-order valence-electron chi connectivity index (χ3n) is 3.94. The van der Waals surface area contributed by atoms with Gasteiger partial charge < -0.3 is 15.4 Å². The first-order valence-corrected chi connectivity index (χ1v) is 7.95. The smallest absolute Gasteiger partial charge is 0.222 e. The molecule has 0 aliphatic carbocycles. The topological polar surface area (TPSA) is 50.4 Å². The Morgan fingerprint density at radius 1 is 1.29 bits per heavy atom. The zero-order valence-electron chi connectivity index (χ0n) is 12.9. The van der Waals surface area contributed by atoms with Gasteiger partial charge in [0, 0.05) is 13.0 Å². The number of carbonyl (C=O) groups excluding carboxylic acids is 1. The van der Waals surface area contributed by atoms with Crippen LogP contribution in [-0.2, 0) is 22.5 Å². The Balaban J connectivity index is 1.65. The standard InChI is InChI=1S/C17H26N2O2/c1-2-14-5-3-4-6-15(14)13-19-17(20)9-12-21-16-7-10-18-11-8-16/h3-6,16,18H,2,7-13H2,1H3,(H,19,20). The van der Waals surface area contributed by atoms with Gasteiger partial charge in [-0.3, -0.25) is 4.79 Å². The fraction of sp³-hybridized carbons (Fsp3) is 0.588. The highest BCUT2D eigenvalue weighted by Crippen LogP contribution is 2.09. The Bertz CT molecular complexity index is 442. The SMILES string of the molecule is CCc1ccccc1CNC(=O)CCOC1CCNCC1. The number of nitrogens with one attached hydrogen (secondary N) is 2. The predicted octanol–water partition coefficient (Wildman–Crippen LogP) is 2.02. The van der Waals surface area contributed by atoms with Crippen LogP contribution in [0.25, 0.3) is 0 Å². The molecule has 0 unspecified atom stereocenters. The minimum Gasteiger partial charge on any atom is -0.378 e. The zero-order chi connectivity index (χ0) is 14.9. The molecule has 1 aromatic rings. The van der Waals surface area contributed by atoms with Gasteiger partial charge in [-0.05, 0) is 43.5 Å². The lowest BCUT2D eigenvalue weighted by atomic mass is 10.1. The van der Waals surface area contributed by atoms with Gasteiger partial charge in [-0.2, -0.15) is 0 Å². The molecule has 1 heterocycles. The van der Waals surface area contributed by atoms with E-state index >= 15 is 0 Å². The monoisotopic (exact) mass is 290 g/mol. The molecule has 1 aromatic carbocycles. The molecule has 1 saturated heterocycles. The van der Waals surface area contributed by atoms with E-state index in [1.165, 1.54) is 11.1 Å². The third-order valence-corrected chi connectivity index (χ3v) is 3.94. The van der Waals surface area contributed by atoms with Gasteiger partial charge in [0.15, 0.2) is 0 Å². The van der Waals surface area contributed by atoms with E-state index in [-0.39, 0.29) is 5.91 Å². The lowest BCUT2D eigenvalue weighted by Crippen LogP contribution is -2.33. The summed E-state index contributed by atoms with van der Waals surface area (Å²) in [6.07, 6.45) is 3.85. The molecule has 2 rings (SSSR count). The van der Waals surface area contributed by atoms with Gasteiger partial charge >= 0.3 is 0 Å². The molecule has 0 spiro atoms. The molecule has 0 aromatic heterocycles. The first-order chi connectivity index (χ1) is 10.3. The minimum absolute atomic E-state index is 0.0647. The van der Waals surface area contributed by atoms with Crippen LogP contribution in [0.2, 0.25) is 0 Å². The van der Waals surface area contributed by atoms with E-state index in [1.807, 2.05) is 12.1 Å². The molecule has 1 fully saturated rings. The van der Waals surface area contributed by atoms with Crippen molar-refractivity contribution < 1.29 is 9.53 Å². The highest BCUT2D eigenvalue weighted by atomic mass is 16.5. The summed E-state index contributed by atoms with van der Waals surface area (Å²) in [5.74, 6) is 0.0647. The summed E-state index contributed by atoms with van der Waals surface area (Å²) in [6.45, 7) is 5.30. The molecule has 0 saturated carbocycles. The Kier molecular flexibility index (Phi) is 6.70. The molecule has 1 aliphatic rings. The van der Waals surface area contributed by atoms with Crippen molar-refractivity contribution in [3.8, 4) is 0 Å². The number of hydrogen-bond donors (Lipinski definition) is 2. The van der Waals surface area contributed by atoms with Crippen molar-refractivity contribution >= 4 is 5.91 Å². The van der Waals surface area contributed by atoms with Crippen molar-refractivity contribution in [2.45, 2.75) is 45.3 Å². The van der Waals surface area contributed by atoms with Crippen LogP contribution < -0.4 is 10.6 Å². The maximum absolute atomic E-state index is 11.9. The lowest BCUT2D eigenvalue weighted by molar-refractivity contribution is -0.122. The Morgan fingerprint density at radius 2 is 2.00 bits per heavy atom. The van der Waals surface area contributed by atoms with Crippen molar-refractivity contribution in [1.82, 2.24) is 10.6 Å². The van der Waals surface area contributed by atoms with Crippen LogP contribution in [0.4, 0.5) is 0 Å². The first-order valence-electron chi connectivity index (χ1n) is 7.95. The zero-order valence-corrected chi connectivity index (χ0v) is 12.9. The molecule has 1 aliphatic heterocycles. The van der Waals surface area contributed by atoms with E-state index in [0.29, 0.717) is 25.7 Å². The summed E-state index contributed by atoms with van der Waals surface area (Å²) in [7, 11) is 0. The second-order valence-corrected chi connectivity index (χ2v) is 5.47. The molecule has 0 atom stereocenters. The highest BCUT2D eigenvalue weighted by Gasteiger charge is 2.13. The Hall–Kier alpha value is -1.39. The fourth-order valence-corrected chi connectivity index (χ4v) is 2.64. The quantitative estimate of drug-likeness (QED) is 0.808. The number of aryl methyl sites for hydroxylation is 1. The van der Waals surface area contributed by atoms with Crippen LogP contribution in [0.1, 0.15) is 37.3 Å². The van der Waals surface area contributed by atoms with Gasteiger partial charge in [-0.15, -0.1) is 0 Å². The maximum atomic E-state index is 11.9. The first kappa shape index (κ1) is 16.0. The van der Waals surface area contributed by atoms with E-state index in [2.05, 4.69) is 29.7 Å². The molecule has 116 valence electrons. The fourth-order valence-electron chi connectivity index (χ4n) is 2.64. The van der Waals surface area contributed by atoms with Crippen LogP contribution >= 0.6 is 0 Å². The second-order valence-electron chi connectivity index (χ2n) is 5.47. The number of ether oxygens (including phenoxy) is 1. The number of hydrogen-bond acceptors (Lipinski definition) is 3. The van der Waals surface area contributed by atoms with E-state index in [1.54, 1.807) is 0 Å². The van der Waals surface area contributed by atoms with Gasteiger partial charge in [0.25, 0.3) is 0 Å². The average molecular weight is 290 g/mol. The van der Waals surface area contributed by atoms with Crippen LogP contribution in [-0.4, -0.2) is 31.7 Å². The lowest BCUT2D eigenvalue weighted by Gasteiger charge is -2.22. The third kappa shape index (κ3) is 5.48. The van der Waals surface area contributed by atoms with Crippen LogP contribution in [0.15, 0.2) is 24.3 Å². The minimum atomic E-state index is 0.0647. The van der Waals surface area contributed by atoms with Gasteiger partial charge in [-0.25, -0.2) is 0 Å². The molecular formula is C17H26N2O2. The highest BCUT2D eigenvalue weighted by molar-refractivity contribution is 5.76. The molecule has 4 heteroatoms. The number of amides is 1. The van der Waals surface area contributed by atoms with E-state index in [4.69, 9.17) is 4.74 Å². The van der Waals surface area contributed by atoms with Crippen LogP contribution in [0.3, 0.4) is 0 Å². The molecule has 0 radical (unpaired) electrons. The summed E-state index contributed by atoms with van der Waals surface area (Å²) in [4.78, 5) is 11.9. The van der Waals surface area contributed by atoms with Gasteiger partial charge in [0.2, 0.25) is 5.91 Å². The number of piperidine rings is 1. The van der Waals surface area contributed by atoms with E-state index in [9.17, 15) is 4.79 Å². The average Bonchev–Trinajstić information content (AvgIpc) is 2.54. The maximum Gasteiger partial charge on any atom is 0.222 e. The molecule has 4 nitrogen and oxygen atoms in total. The second kappa shape index (κ2) is 8.80. The van der Waals surface area contributed by atoms with Crippen molar-refractivity contribution in [3.05, 3.63) is 35.4 Å². The molecule has 1 amide bonds. The predicted molar refractivity (Wildman–Crippen MR) is 84.1 cm³/mol. The summed E-state index contributed by atoms with van der Waals surface area (Å²) in [5.41, 5.74) is 2.50. The van der Waals surface area contributed by atoms with Crippen molar-refractivity contribution in [3.63, 3.8) is 0 Å². The summed E-state index contributed by atoms with van der Waals surface area (Å²) < 4.78 is 5.75. The van der Waals surface area contributed by atoms with Gasteiger partial charge in [-0.1, -0.05) is 31.2 Å². The Morgan fingerprint density at radius 3 is 2.71 bits per heavy atom. The molecular weight excluding hydrogens is 264 g/mol. The Labute approximate surface area is 127 Å². The van der Waals surface area contributed by atoms with Crippen molar-refractivity contribution in [1.29, 1.82) is 0 Å². The largest absolute Gasteiger partial charge is 0.378 e. The number of rotatable bonds is 7. The summed E-state index contributed by atoms with van der Waals surface area (Å²) >= 11 is 0. The van der Waals surface area contributed by atoms with Crippen molar-refractivity contribution in [2.75, 3.05) is 19.7 Å². The van der Waals surface area contributed by atoms with Gasteiger partial charge in [0.1, 0.15) is 0 Å². The van der Waals surface area contributed by atoms with Crippen LogP contribution in [0, 0.1) is 0 Å². The van der Waals surface area contributed by atoms with Crippen LogP contribution in [0.5, 0.6) is 0 Å². The van der Waals surface area contributed by atoms with Gasteiger partial charge in [0.05, 0.1) is 12.7 Å². The summed E-state index contributed by atoms with van der Waals surface area (Å²) in [6, 6.07) is 8.24. The molecule has 2 N–H and O–H groups in total.